The average molecular weight is 493 g/mol. The molecule has 1 heterocycles. The Bertz CT molecular complexity index is 922. The van der Waals surface area contributed by atoms with E-state index in [0.717, 1.165) is 34.4 Å². The number of nitrogens with zero attached hydrogens (tertiary/aromatic N) is 3. The van der Waals surface area contributed by atoms with Gasteiger partial charge in [-0.15, -0.1) is 22.0 Å². The molecule has 0 saturated carbocycles. The van der Waals surface area contributed by atoms with Crippen molar-refractivity contribution in [2.45, 2.75) is 35.9 Å². The third-order valence-electron chi connectivity index (χ3n) is 4.06. The van der Waals surface area contributed by atoms with Crippen LogP contribution in [0.4, 0.5) is 0 Å². The van der Waals surface area contributed by atoms with E-state index in [-0.39, 0.29) is 0 Å². The monoisotopic (exact) mass is 491 g/mol. The topological polar surface area (TPSA) is 30.7 Å². The molecule has 2 aromatic carbocycles. The van der Waals surface area contributed by atoms with Gasteiger partial charge in [0.1, 0.15) is 5.82 Å². The van der Waals surface area contributed by atoms with Crippen molar-refractivity contribution in [1.29, 1.82) is 0 Å². The minimum Gasteiger partial charge on any atom is -0.306 e. The maximum Gasteiger partial charge on any atom is 0.191 e. The maximum absolute atomic E-state index is 6.26. The lowest BCUT2D eigenvalue weighted by Gasteiger charge is -2.09. The van der Waals surface area contributed by atoms with E-state index in [1.165, 1.54) is 0 Å². The second-order valence-corrected chi connectivity index (χ2v) is 9.38. The highest BCUT2D eigenvalue weighted by Crippen LogP contribution is 2.32. The summed E-state index contributed by atoms with van der Waals surface area (Å²) in [4.78, 5) is 0. The number of benzene rings is 2. The number of halogens is 4. The first-order valence-electron chi connectivity index (χ1n) is 8.49. The van der Waals surface area contributed by atoms with Gasteiger partial charge in [-0.3, -0.25) is 0 Å². The average Bonchev–Trinajstić information content (AvgIpc) is 3.05. The Kier molecular flexibility index (Phi) is 8.27. The van der Waals surface area contributed by atoms with Crippen molar-refractivity contribution in [1.82, 2.24) is 14.8 Å². The Morgan fingerprint density at radius 2 is 1.32 bits per heavy atom. The summed E-state index contributed by atoms with van der Waals surface area (Å²) in [6.45, 7) is 2.86. The number of hydrogen-bond donors (Lipinski definition) is 0. The van der Waals surface area contributed by atoms with Crippen molar-refractivity contribution in [2.24, 2.45) is 0 Å². The number of rotatable bonds is 8. The SMILES string of the molecule is CCn1c(CSCc2c(Cl)cccc2Cl)nnc1SCc1c(Cl)cccc1Cl. The van der Waals surface area contributed by atoms with E-state index in [1.54, 1.807) is 23.5 Å². The molecule has 28 heavy (non-hydrogen) atoms. The van der Waals surface area contributed by atoms with Gasteiger partial charge < -0.3 is 4.57 Å². The molecule has 0 atom stereocenters. The summed E-state index contributed by atoms with van der Waals surface area (Å²) < 4.78 is 2.11. The number of thioether (sulfide) groups is 2. The Balaban J connectivity index is 1.65. The van der Waals surface area contributed by atoms with Gasteiger partial charge in [0, 0.05) is 38.1 Å². The minimum atomic E-state index is 0.638. The summed E-state index contributed by atoms with van der Waals surface area (Å²) in [6, 6.07) is 11.1. The van der Waals surface area contributed by atoms with Crippen LogP contribution in [0.15, 0.2) is 41.6 Å². The third-order valence-corrected chi connectivity index (χ3v) is 7.42. The van der Waals surface area contributed by atoms with Crippen LogP contribution in [-0.4, -0.2) is 14.8 Å². The highest BCUT2D eigenvalue weighted by atomic mass is 35.5. The second kappa shape index (κ2) is 10.5. The molecule has 9 heteroatoms. The lowest BCUT2D eigenvalue weighted by Crippen LogP contribution is -2.02. The van der Waals surface area contributed by atoms with Crippen LogP contribution in [0.5, 0.6) is 0 Å². The molecule has 0 spiro atoms. The van der Waals surface area contributed by atoms with Crippen molar-refractivity contribution in [3.8, 4) is 0 Å². The summed E-state index contributed by atoms with van der Waals surface area (Å²) in [5.41, 5.74) is 1.85. The number of aromatic nitrogens is 3. The molecular formula is C19H17Cl4N3S2. The highest BCUT2D eigenvalue weighted by molar-refractivity contribution is 7.98. The molecule has 1 aromatic heterocycles. The Morgan fingerprint density at radius 3 is 1.86 bits per heavy atom. The highest BCUT2D eigenvalue weighted by Gasteiger charge is 2.14. The zero-order valence-corrected chi connectivity index (χ0v) is 19.6. The molecule has 0 aliphatic heterocycles. The predicted octanol–water partition coefficient (Wildman–Crippen LogP) is 7.64. The Labute approximate surface area is 193 Å². The van der Waals surface area contributed by atoms with E-state index < -0.39 is 0 Å². The molecule has 0 N–H and O–H groups in total. The van der Waals surface area contributed by atoms with Crippen LogP contribution in [0.1, 0.15) is 23.9 Å². The molecule has 0 unspecified atom stereocenters. The van der Waals surface area contributed by atoms with Gasteiger partial charge in [-0.1, -0.05) is 70.3 Å². The lowest BCUT2D eigenvalue weighted by atomic mass is 10.2. The molecule has 0 amide bonds. The first kappa shape index (κ1) is 22.1. The van der Waals surface area contributed by atoms with Gasteiger partial charge in [-0.2, -0.15) is 0 Å². The summed E-state index contributed by atoms with van der Waals surface area (Å²) in [6.07, 6.45) is 0. The summed E-state index contributed by atoms with van der Waals surface area (Å²) >= 11 is 28.3. The normalized spacial score (nSPS) is 11.2. The van der Waals surface area contributed by atoms with Crippen molar-refractivity contribution in [3.05, 3.63) is 73.4 Å². The van der Waals surface area contributed by atoms with E-state index >= 15 is 0 Å². The summed E-state index contributed by atoms with van der Waals surface area (Å²) in [5, 5.41) is 12.3. The van der Waals surface area contributed by atoms with Gasteiger partial charge in [0.15, 0.2) is 5.16 Å². The molecule has 0 fully saturated rings. The molecule has 3 rings (SSSR count). The van der Waals surface area contributed by atoms with E-state index in [0.29, 0.717) is 31.6 Å². The van der Waals surface area contributed by atoms with E-state index in [4.69, 9.17) is 46.4 Å². The predicted molar refractivity (Wildman–Crippen MR) is 123 cm³/mol. The zero-order valence-electron chi connectivity index (χ0n) is 15.0. The van der Waals surface area contributed by atoms with Crippen LogP contribution in [0.2, 0.25) is 20.1 Å². The third kappa shape index (κ3) is 5.32. The lowest BCUT2D eigenvalue weighted by molar-refractivity contribution is 0.659. The van der Waals surface area contributed by atoms with Crippen molar-refractivity contribution >= 4 is 69.9 Å². The first-order valence-corrected chi connectivity index (χ1v) is 12.1. The Morgan fingerprint density at radius 1 is 0.786 bits per heavy atom. The minimum absolute atomic E-state index is 0.638. The molecule has 0 radical (unpaired) electrons. The van der Waals surface area contributed by atoms with Gasteiger partial charge >= 0.3 is 0 Å². The van der Waals surface area contributed by atoms with Gasteiger partial charge in [0.2, 0.25) is 0 Å². The van der Waals surface area contributed by atoms with E-state index in [1.807, 2.05) is 36.4 Å². The van der Waals surface area contributed by atoms with Gasteiger partial charge in [-0.05, 0) is 42.3 Å². The fourth-order valence-corrected chi connectivity index (χ4v) is 6.04. The molecule has 0 aliphatic rings. The molecule has 148 valence electrons. The molecule has 0 saturated heterocycles. The van der Waals surface area contributed by atoms with Gasteiger partial charge in [0.25, 0.3) is 0 Å². The smallest absolute Gasteiger partial charge is 0.191 e. The maximum atomic E-state index is 6.26. The summed E-state index contributed by atoms with van der Waals surface area (Å²) in [5.74, 6) is 2.99. The molecule has 3 aromatic rings. The van der Waals surface area contributed by atoms with Crippen molar-refractivity contribution in [3.63, 3.8) is 0 Å². The van der Waals surface area contributed by atoms with Crippen LogP contribution in [0, 0.1) is 0 Å². The zero-order chi connectivity index (χ0) is 20.1. The van der Waals surface area contributed by atoms with E-state index in [2.05, 4.69) is 21.7 Å². The van der Waals surface area contributed by atoms with Crippen LogP contribution in [-0.2, 0) is 23.8 Å². The quantitative estimate of drug-likeness (QED) is 0.302. The van der Waals surface area contributed by atoms with Crippen LogP contribution in [0.3, 0.4) is 0 Å². The second-order valence-electron chi connectivity index (χ2n) is 5.82. The van der Waals surface area contributed by atoms with Crippen LogP contribution >= 0.6 is 69.9 Å². The van der Waals surface area contributed by atoms with Gasteiger partial charge in [-0.25, -0.2) is 0 Å². The summed E-state index contributed by atoms with van der Waals surface area (Å²) in [7, 11) is 0. The fourth-order valence-electron chi connectivity index (χ4n) is 2.57. The van der Waals surface area contributed by atoms with Crippen LogP contribution < -0.4 is 0 Å². The first-order chi connectivity index (χ1) is 13.5. The standard InChI is InChI=1S/C19H17Cl4N3S2/c1-2-26-18(11-27-9-12-14(20)5-3-6-15(12)21)24-25-19(26)28-10-13-16(22)7-4-8-17(13)23/h3-8H,2,9-11H2,1H3. The molecular weight excluding hydrogens is 476 g/mol. The molecule has 0 bridgehead atoms. The Hall–Kier alpha value is -0.560. The molecule has 0 aliphatic carbocycles. The van der Waals surface area contributed by atoms with Crippen molar-refractivity contribution < 1.29 is 0 Å². The van der Waals surface area contributed by atoms with Crippen LogP contribution in [0.25, 0.3) is 0 Å². The van der Waals surface area contributed by atoms with Gasteiger partial charge in [0.05, 0.1) is 5.75 Å². The fraction of sp³-hybridized carbons (Fsp3) is 0.263. The van der Waals surface area contributed by atoms with E-state index in [9.17, 15) is 0 Å². The largest absolute Gasteiger partial charge is 0.306 e. The number of hydrogen-bond acceptors (Lipinski definition) is 4. The van der Waals surface area contributed by atoms with Crippen molar-refractivity contribution in [2.75, 3.05) is 0 Å². The molecule has 3 nitrogen and oxygen atoms in total.